The summed E-state index contributed by atoms with van der Waals surface area (Å²) in [7, 11) is 0. The second-order valence-corrected chi connectivity index (χ2v) is 5.52. The van der Waals surface area contributed by atoms with Crippen LogP contribution in [0.2, 0.25) is 0 Å². The molecule has 2 aromatic heterocycles. The summed E-state index contributed by atoms with van der Waals surface area (Å²) in [6.07, 6.45) is 3.26. The van der Waals surface area contributed by atoms with Crippen molar-refractivity contribution in [3.05, 3.63) is 29.7 Å². The summed E-state index contributed by atoms with van der Waals surface area (Å²) in [4.78, 5) is 10.7. The van der Waals surface area contributed by atoms with E-state index in [0.717, 1.165) is 42.2 Å². The smallest absolute Gasteiger partial charge is 0.404 e. The molecule has 8 nitrogen and oxygen atoms in total. The van der Waals surface area contributed by atoms with Crippen molar-refractivity contribution in [1.29, 1.82) is 0 Å². The van der Waals surface area contributed by atoms with E-state index in [4.69, 9.17) is 5.11 Å². The highest BCUT2D eigenvalue weighted by Crippen LogP contribution is 2.34. The first-order valence-corrected chi connectivity index (χ1v) is 7.22. The third-order valence-corrected chi connectivity index (χ3v) is 3.97. The van der Waals surface area contributed by atoms with Crippen LogP contribution >= 0.6 is 0 Å². The number of aromatic nitrogens is 4. The van der Waals surface area contributed by atoms with Crippen LogP contribution in [0.4, 0.5) is 16.3 Å². The van der Waals surface area contributed by atoms with Crippen LogP contribution in [0.25, 0.3) is 0 Å². The second-order valence-electron chi connectivity index (χ2n) is 5.52. The molecule has 1 amide bonds. The maximum atomic E-state index is 10.7. The average molecular weight is 302 g/mol. The molecule has 0 aliphatic heterocycles. The number of amides is 1. The quantitative estimate of drug-likeness (QED) is 0.687. The molecule has 0 bridgehead atoms. The first kappa shape index (κ1) is 14.3. The molecule has 0 radical (unpaired) electrons. The Morgan fingerprint density at radius 1 is 1.45 bits per heavy atom. The van der Waals surface area contributed by atoms with Crippen molar-refractivity contribution in [2.45, 2.75) is 38.1 Å². The summed E-state index contributed by atoms with van der Waals surface area (Å²) in [5.41, 5.74) is 2.69. The highest BCUT2D eigenvalue weighted by atomic mass is 16.4. The lowest BCUT2D eigenvalue weighted by Crippen LogP contribution is -2.31. The molecule has 0 aromatic carbocycles. The zero-order chi connectivity index (χ0) is 15.5. The second kappa shape index (κ2) is 6.00. The predicted molar refractivity (Wildman–Crippen MR) is 80.2 cm³/mol. The molecule has 3 rings (SSSR count). The van der Waals surface area contributed by atoms with E-state index in [1.165, 1.54) is 0 Å². The van der Waals surface area contributed by atoms with E-state index in [0.29, 0.717) is 5.92 Å². The number of aromatic amines is 1. The Labute approximate surface area is 127 Å². The number of anilines is 2. The van der Waals surface area contributed by atoms with Crippen LogP contribution in [0.3, 0.4) is 0 Å². The van der Waals surface area contributed by atoms with Crippen molar-refractivity contribution in [2.24, 2.45) is 0 Å². The van der Waals surface area contributed by atoms with E-state index in [1.54, 1.807) is 6.20 Å². The van der Waals surface area contributed by atoms with E-state index < -0.39 is 6.09 Å². The SMILES string of the molecule is Cc1nnccc1Nc1cc(C2CCC(NC(=O)O)C2)[nH]n1. The normalized spacial score (nSPS) is 20.8. The molecule has 2 aromatic rings. The molecule has 0 spiro atoms. The topological polar surface area (TPSA) is 116 Å². The monoisotopic (exact) mass is 302 g/mol. The van der Waals surface area contributed by atoms with Gasteiger partial charge in [-0.15, -0.1) is 0 Å². The Kier molecular flexibility index (Phi) is 3.90. The lowest BCUT2D eigenvalue weighted by atomic mass is 10.0. The van der Waals surface area contributed by atoms with Gasteiger partial charge in [-0.3, -0.25) is 5.10 Å². The van der Waals surface area contributed by atoms with Crippen LogP contribution < -0.4 is 10.6 Å². The molecule has 2 unspecified atom stereocenters. The fraction of sp³-hybridized carbons (Fsp3) is 0.429. The molecule has 1 aliphatic carbocycles. The Morgan fingerprint density at radius 3 is 3.09 bits per heavy atom. The van der Waals surface area contributed by atoms with Crippen molar-refractivity contribution >= 4 is 17.6 Å². The fourth-order valence-corrected chi connectivity index (χ4v) is 2.85. The van der Waals surface area contributed by atoms with Gasteiger partial charge in [-0.05, 0) is 32.3 Å². The third-order valence-electron chi connectivity index (χ3n) is 3.97. The first-order chi connectivity index (χ1) is 10.6. The van der Waals surface area contributed by atoms with Crippen LogP contribution in [-0.2, 0) is 0 Å². The zero-order valence-electron chi connectivity index (χ0n) is 12.2. The Morgan fingerprint density at radius 2 is 2.32 bits per heavy atom. The number of hydrogen-bond acceptors (Lipinski definition) is 5. The summed E-state index contributed by atoms with van der Waals surface area (Å²) in [5, 5.41) is 29.6. The van der Waals surface area contributed by atoms with Crippen LogP contribution in [-0.4, -0.2) is 37.6 Å². The summed E-state index contributed by atoms with van der Waals surface area (Å²) < 4.78 is 0. The molecule has 2 heterocycles. The summed E-state index contributed by atoms with van der Waals surface area (Å²) in [6, 6.07) is 3.83. The number of nitrogens with zero attached hydrogens (tertiary/aromatic N) is 3. The van der Waals surface area contributed by atoms with Gasteiger partial charge in [-0.1, -0.05) is 0 Å². The van der Waals surface area contributed by atoms with Crippen molar-refractivity contribution < 1.29 is 9.90 Å². The number of nitrogens with one attached hydrogen (secondary N) is 3. The molecule has 1 saturated carbocycles. The maximum Gasteiger partial charge on any atom is 0.404 e. The van der Waals surface area contributed by atoms with Crippen molar-refractivity contribution in [1.82, 2.24) is 25.7 Å². The van der Waals surface area contributed by atoms with Crippen LogP contribution in [0.1, 0.15) is 36.6 Å². The van der Waals surface area contributed by atoms with Gasteiger partial charge in [0.05, 0.1) is 17.6 Å². The summed E-state index contributed by atoms with van der Waals surface area (Å²) >= 11 is 0. The highest BCUT2D eigenvalue weighted by Gasteiger charge is 2.28. The van der Waals surface area contributed by atoms with Gasteiger partial charge in [0.15, 0.2) is 5.82 Å². The third kappa shape index (κ3) is 3.16. The number of aryl methyl sites for hydroxylation is 1. The number of carbonyl (C=O) groups is 1. The van der Waals surface area contributed by atoms with Gasteiger partial charge in [0, 0.05) is 23.7 Å². The molecule has 116 valence electrons. The van der Waals surface area contributed by atoms with E-state index in [9.17, 15) is 4.79 Å². The minimum absolute atomic E-state index is 0.0221. The van der Waals surface area contributed by atoms with Gasteiger partial charge >= 0.3 is 6.09 Å². The van der Waals surface area contributed by atoms with E-state index in [2.05, 4.69) is 31.0 Å². The molecule has 0 saturated heterocycles. The van der Waals surface area contributed by atoms with Gasteiger partial charge in [-0.2, -0.15) is 15.3 Å². The predicted octanol–water partition coefficient (Wildman–Crippen LogP) is 2.16. The zero-order valence-corrected chi connectivity index (χ0v) is 12.2. The van der Waals surface area contributed by atoms with Gasteiger partial charge in [0.2, 0.25) is 0 Å². The molecule has 8 heteroatoms. The Bertz CT molecular complexity index is 671. The van der Waals surface area contributed by atoms with Gasteiger partial charge < -0.3 is 15.7 Å². The van der Waals surface area contributed by atoms with Crippen LogP contribution in [0.15, 0.2) is 18.3 Å². The lowest BCUT2D eigenvalue weighted by Gasteiger charge is -2.09. The molecule has 4 N–H and O–H groups in total. The van der Waals surface area contributed by atoms with Crippen molar-refractivity contribution in [3.63, 3.8) is 0 Å². The molecular weight excluding hydrogens is 284 g/mol. The maximum absolute atomic E-state index is 10.7. The van der Waals surface area contributed by atoms with Crippen LogP contribution in [0.5, 0.6) is 0 Å². The standard InChI is InChI=1S/C14H18N6O2/c1-8-11(4-5-15-18-8)17-13-7-12(19-20-13)9-2-3-10(6-9)16-14(21)22/h4-5,7,9-10,16H,2-3,6H2,1H3,(H,21,22)(H2,15,17,19,20). The van der Waals surface area contributed by atoms with E-state index in [1.807, 2.05) is 19.1 Å². The number of rotatable bonds is 4. The highest BCUT2D eigenvalue weighted by molar-refractivity contribution is 5.65. The molecular formula is C14H18N6O2. The summed E-state index contributed by atoms with van der Waals surface area (Å²) in [5.74, 6) is 1.03. The Balaban J connectivity index is 1.65. The van der Waals surface area contributed by atoms with E-state index in [-0.39, 0.29) is 6.04 Å². The largest absolute Gasteiger partial charge is 0.465 e. The molecule has 1 aliphatic rings. The first-order valence-electron chi connectivity index (χ1n) is 7.22. The van der Waals surface area contributed by atoms with Crippen LogP contribution in [0, 0.1) is 6.92 Å². The molecule has 1 fully saturated rings. The lowest BCUT2D eigenvalue weighted by molar-refractivity contribution is 0.190. The van der Waals surface area contributed by atoms with E-state index >= 15 is 0 Å². The van der Waals surface area contributed by atoms with Crippen molar-refractivity contribution in [3.8, 4) is 0 Å². The minimum Gasteiger partial charge on any atom is -0.465 e. The van der Waals surface area contributed by atoms with Gasteiger partial charge in [-0.25, -0.2) is 4.79 Å². The number of carboxylic acid groups (broad SMARTS) is 1. The van der Waals surface area contributed by atoms with Crippen molar-refractivity contribution in [2.75, 3.05) is 5.32 Å². The fourth-order valence-electron chi connectivity index (χ4n) is 2.85. The molecule has 22 heavy (non-hydrogen) atoms. The van der Waals surface area contributed by atoms with Gasteiger partial charge in [0.25, 0.3) is 0 Å². The molecule has 2 atom stereocenters. The Hall–Kier alpha value is -2.64. The number of H-pyrrole nitrogens is 1. The summed E-state index contributed by atoms with van der Waals surface area (Å²) in [6.45, 7) is 1.88. The average Bonchev–Trinajstić information content (AvgIpc) is 3.10. The number of hydrogen-bond donors (Lipinski definition) is 4. The minimum atomic E-state index is -0.960. The van der Waals surface area contributed by atoms with Gasteiger partial charge in [0.1, 0.15) is 0 Å².